The minimum Gasteiger partial charge on any atom is -0.462 e. The van der Waals surface area contributed by atoms with Crippen LogP contribution in [0.3, 0.4) is 0 Å². The number of allylic oxidation sites excluding steroid dienone is 8. The number of hydrogen-bond donors (Lipinski definition) is 3. The van der Waals surface area contributed by atoms with Gasteiger partial charge >= 0.3 is 5.97 Å². The second-order valence-electron chi connectivity index (χ2n) is 20.0. The molecule has 0 aromatic carbocycles. The molecule has 0 fully saturated rings. The Bertz CT molecular complexity index is 1150. The topological polar surface area (TPSA) is 95.9 Å². The van der Waals surface area contributed by atoms with Crippen LogP contribution in [0.4, 0.5) is 0 Å². The van der Waals surface area contributed by atoms with Gasteiger partial charge in [-0.05, 0) is 83.5 Å². The van der Waals surface area contributed by atoms with Gasteiger partial charge in [-0.1, -0.05) is 256 Å². The summed E-state index contributed by atoms with van der Waals surface area (Å²) in [5, 5.41) is 23.9. The van der Waals surface area contributed by atoms with E-state index < -0.39 is 18.2 Å². The van der Waals surface area contributed by atoms with Crippen molar-refractivity contribution in [1.82, 2.24) is 5.32 Å². The summed E-state index contributed by atoms with van der Waals surface area (Å²) in [6.45, 7) is 6.39. The highest BCUT2D eigenvalue weighted by Crippen LogP contribution is 2.18. The van der Waals surface area contributed by atoms with Crippen LogP contribution >= 0.6 is 0 Å². The second kappa shape index (κ2) is 54.8. The van der Waals surface area contributed by atoms with Crippen molar-refractivity contribution in [3.05, 3.63) is 48.6 Å². The van der Waals surface area contributed by atoms with Crippen molar-refractivity contribution in [3.8, 4) is 0 Å². The number of ether oxygens (including phenoxy) is 1. The third-order valence-electron chi connectivity index (χ3n) is 13.4. The highest BCUT2D eigenvalue weighted by molar-refractivity contribution is 5.77. The van der Waals surface area contributed by atoms with E-state index in [4.69, 9.17) is 4.74 Å². The van der Waals surface area contributed by atoms with Gasteiger partial charge in [0.1, 0.15) is 6.10 Å². The predicted octanol–water partition coefficient (Wildman–Crippen LogP) is 18.2. The molecule has 0 saturated heterocycles. The minimum absolute atomic E-state index is 0.0523. The van der Waals surface area contributed by atoms with Crippen molar-refractivity contribution in [2.45, 2.75) is 322 Å². The molecule has 1 amide bonds. The molecule has 0 spiro atoms. The van der Waals surface area contributed by atoms with Crippen LogP contribution in [0.1, 0.15) is 303 Å². The third kappa shape index (κ3) is 50.0. The van der Waals surface area contributed by atoms with Gasteiger partial charge in [0.05, 0.1) is 25.2 Å². The molecule has 67 heavy (non-hydrogen) atoms. The molecule has 0 heterocycles. The molecule has 0 aliphatic rings. The Balaban J connectivity index is 4.48. The van der Waals surface area contributed by atoms with Crippen molar-refractivity contribution in [1.29, 1.82) is 0 Å². The standard InChI is InChI=1S/C61H113NO5/c1-4-7-10-13-16-19-22-25-27-29-30-32-34-36-39-42-45-48-51-54-61(66)67-57(52-49-46-43-40-37-24-21-18-15-12-9-6-3)55-60(65)62-58(56-63)59(64)53-50-47-44-41-38-35-33-31-28-26-23-20-17-14-11-8-5-2/h9,12,18,21,25,27,37,40,57-59,63-64H,4-8,10-11,13-17,19-20,22-24,26,28-36,38-39,41-56H2,1-3H3,(H,62,65)/b12-9+,21-18+,27-25+,40-37+. The van der Waals surface area contributed by atoms with Gasteiger partial charge in [0.2, 0.25) is 5.91 Å². The summed E-state index contributed by atoms with van der Waals surface area (Å²) in [4.78, 5) is 26.2. The van der Waals surface area contributed by atoms with E-state index in [2.05, 4.69) is 74.7 Å². The fourth-order valence-corrected chi connectivity index (χ4v) is 8.97. The first-order chi connectivity index (χ1) is 33.0. The zero-order chi connectivity index (χ0) is 48.8. The Labute approximate surface area is 416 Å². The monoisotopic (exact) mass is 940 g/mol. The number of carbonyl (C=O) groups is 2. The van der Waals surface area contributed by atoms with E-state index in [1.807, 2.05) is 0 Å². The van der Waals surface area contributed by atoms with Crippen molar-refractivity contribution >= 4 is 11.9 Å². The van der Waals surface area contributed by atoms with Gasteiger partial charge in [0, 0.05) is 6.42 Å². The van der Waals surface area contributed by atoms with E-state index in [1.165, 1.54) is 180 Å². The Morgan fingerprint density at radius 1 is 0.448 bits per heavy atom. The van der Waals surface area contributed by atoms with Crippen LogP contribution < -0.4 is 5.32 Å². The number of nitrogens with one attached hydrogen (secondary N) is 1. The van der Waals surface area contributed by atoms with Gasteiger partial charge < -0.3 is 20.3 Å². The number of esters is 1. The molecule has 6 heteroatoms. The van der Waals surface area contributed by atoms with Gasteiger partial charge in [0.15, 0.2) is 0 Å². The number of aliphatic hydroxyl groups excluding tert-OH is 2. The zero-order valence-corrected chi connectivity index (χ0v) is 44.8. The van der Waals surface area contributed by atoms with Crippen LogP contribution in [-0.4, -0.2) is 46.9 Å². The Hall–Kier alpha value is -2.18. The molecular weight excluding hydrogens is 827 g/mol. The first-order valence-corrected chi connectivity index (χ1v) is 29.4. The van der Waals surface area contributed by atoms with Gasteiger partial charge in [-0.2, -0.15) is 0 Å². The number of carbonyl (C=O) groups excluding carboxylic acids is 2. The first-order valence-electron chi connectivity index (χ1n) is 29.4. The third-order valence-corrected chi connectivity index (χ3v) is 13.4. The Morgan fingerprint density at radius 2 is 0.806 bits per heavy atom. The Morgan fingerprint density at radius 3 is 1.25 bits per heavy atom. The highest BCUT2D eigenvalue weighted by atomic mass is 16.5. The average Bonchev–Trinajstić information content (AvgIpc) is 3.32. The molecule has 0 saturated carbocycles. The molecule has 0 aliphatic carbocycles. The predicted molar refractivity (Wildman–Crippen MR) is 292 cm³/mol. The summed E-state index contributed by atoms with van der Waals surface area (Å²) in [7, 11) is 0. The van der Waals surface area contributed by atoms with E-state index in [0.29, 0.717) is 19.3 Å². The zero-order valence-electron chi connectivity index (χ0n) is 44.8. The number of rotatable bonds is 53. The molecule has 0 aromatic rings. The second-order valence-corrected chi connectivity index (χ2v) is 20.0. The number of unbranched alkanes of at least 4 members (excludes halogenated alkanes) is 33. The average molecular weight is 941 g/mol. The molecule has 0 radical (unpaired) electrons. The normalized spacial score (nSPS) is 13.4. The molecule has 3 unspecified atom stereocenters. The van der Waals surface area contributed by atoms with Gasteiger partial charge in [-0.25, -0.2) is 0 Å². The maximum Gasteiger partial charge on any atom is 0.306 e. The molecule has 6 nitrogen and oxygen atoms in total. The molecule has 0 rings (SSSR count). The molecule has 3 atom stereocenters. The van der Waals surface area contributed by atoms with Gasteiger partial charge in [0.25, 0.3) is 0 Å². The maximum absolute atomic E-state index is 13.3. The first kappa shape index (κ1) is 64.8. The van der Waals surface area contributed by atoms with Crippen LogP contribution in [0.2, 0.25) is 0 Å². The van der Waals surface area contributed by atoms with Crippen molar-refractivity contribution in [3.63, 3.8) is 0 Å². The van der Waals surface area contributed by atoms with Crippen LogP contribution in [0.15, 0.2) is 48.6 Å². The molecule has 0 bridgehead atoms. The minimum atomic E-state index is -0.799. The number of aliphatic hydroxyl groups is 2. The molecule has 0 aliphatic heterocycles. The molecular formula is C61H113NO5. The van der Waals surface area contributed by atoms with E-state index in [-0.39, 0.29) is 24.9 Å². The van der Waals surface area contributed by atoms with Crippen molar-refractivity contribution < 1.29 is 24.5 Å². The summed E-state index contributed by atoms with van der Waals surface area (Å²) in [5.41, 5.74) is 0. The van der Waals surface area contributed by atoms with Crippen molar-refractivity contribution in [2.75, 3.05) is 6.61 Å². The van der Waals surface area contributed by atoms with E-state index in [1.54, 1.807) is 0 Å². The smallest absolute Gasteiger partial charge is 0.306 e. The van der Waals surface area contributed by atoms with Crippen LogP contribution in [0, 0.1) is 0 Å². The van der Waals surface area contributed by atoms with Crippen LogP contribution in [0.5, 0.6) is 0 Å². The molecule has 0 aromatic heterocycles. The number of hydrogen-bond acceptors (Lipinski definition) is 5. The van der Waals surface area contributed by atoms with Crippen LogP contribution in [-0.2, 0) is 14.3 Å². The fourth-order valence-electron chi connectivity index (χ4n) is 8.97. The van der Waals surface area contributed by atoms with E-state index in [9.17, 15) is 19.8 Å². The fraction of sp³-hybridized carbons (Fsp3) is 0.836. The molecule has 392 valence electrons. The lowest BCUT2D eigenvalue weighted by Gasteiger charge is -2.24. The maximum atomic E-state index is 13.3. The highest BCUT2D eigenvalue weighted by Gasteiger charge is 2.24. The summed E-state index contributed by atoms with van der Waals surface area (Å²) >= 11 is 0. The summed E-state index contributed by atoms with van der Waals surface area (Å²) in [6.07, 6.45) is 67.6. The lowest BCUT2D eigenvalue weighted by molar-refractivity contribution is -0.151. The summed E-state index contributed by atoms with van der Waals surface area (Å²) in [6, 6.07) is -0.714. The van der Waals surface area contributed by atoms with Crippen molar-refractivity contribution in [2.24, 2.45) is 0 Å². The lowest BCUT2D eigenvalue weighted by Crippen LogP contribution is -2.46. The summed E-state index contributed by atoms with van der Waals surface area (Å²) < 4.78 is 5.94. The van der Waals surface area contributed by atoms with E-state index >= 15 is 0 Å². The van der Waals surface area contributed by atoms with Gasteiger partial charge in [-0.15, -0.1) is 0 Å². The summed E-state index contributed by atoms with van der Waals surface area (Å²) in [5.74, 6) is -0.504. The quantitative estimate of drug-likeness (QED) is 0.0321. The largest absolute Gasteiger partial charge is 0.462 e. The molecule has 3 N–H and O–H groups in total. The SMILES string of the molecule is CC/C=C/C/C=C/C/C=C/CCCCC(CC(=O)NC(CO)C(O)CCCCCCCCCCCCCCCCCCC)OC(=O)CCCCCCCCCCC/C=C/CCCCCCCC. The van der Waals surface area contributed by atoms with E-state index in [0.717, 1.165) is 77.0 Å². The van der Waals surface area contributed by atoms with Gasteiger partial charge in [-0.3, -0.25) is 9.59 Å². The van der Waals surface area contributed by atoms with Crippen LogP contribution in [0.25, 0.3) is 0 Å². The lowest BCUT2D eigenvalue weighted by atomic mass is 10.0. The Kier molecular flexibility index (Phi) is 53.0. The number of amides is 1.